The summed E-state index contributed by atoms with van der Waals surface area (Å²) in [6.45, 7) is 5.93. The number of carboxylic acid groups (broad SMARTS) is 1. The van der Waals surface area contributed by atoms with Crippen LogP contribution in [0.3, 0.4) is 0 Å². The number of nitrogens with one attached hydrogen (secondary N) is 1. The SMILES string of the molecule is Cc1cc(C)c(S(=O)(=O)NCCC(=O)N2CCCC2CC(=O)O)c(C)c1. The minimum Gasteiger partial charge on any atom is -0.481 e. The molecule has 1 fully saturated rings. The lowest BCUT2D eigenvalue weighted by Crippen LogP contribution is -2.38. The van der Waals surface area contributed by atoms with E-state index in [2.05, 4.69) is 4.72 Å². The summed E-state index contributed by atoms with van der Waals surface area (Å²) in [5, 5.41) is 8.92. The molecule has 0 spiro atoms. The molecular weight excluding hydrogens is 356 g/mol. The molecule has 144 valence electrons. The molecule has 0 aliphatic carbocycles. The van der Waals surface area contributed by atoms with Crippen LogP contribution >= 0.6 is 0 Å². The fourth-order valence-corrected chi connectivity index (χ4v) is 5.16. The Hall–Kier alpha value is -1.93. The van der Waals surface area contributed by atoms with Gasteiger partial charge in [0, 0.05) is 25.6 Å². The van der Waals surface area contributed by atoms with Crippen LogP contribution in [-0.4, -0.2) is 49.4 Å². The van der Waals surface area contributed by atoms with Gasteiger partial charge in [0.25, 0.3) is 0 Å². The number of amides is 1. The molecule has 2 N–H and O–H groups in total. The van der Waals surface area contributed by atoms with E-state index in [-0.39, 0.29) is 36.2 Å². The smallest absolute Gasteiger partial charge is 0.305 e. The number of carbonyl (C=O) groups is 2. The number of carbonyl (C=O) groups excluding carboxylic acids is 1. The van der Waals surface area contributed by atoms with Gasteiger partial charge < -0.3 is 10.0 Å². The molecule has 1 aromatic carbocycles. The number of likely N-dealkylation sites (tertiary alicyclic amines) is 1. The van der Waals surface area contributed by atoms with Crippen molar-refractivity contribution in [1.29, 1.82) is 0 Å². The Labute approximate surface area is 154 Å². The molecule has 7 nitrogen and oxygen atoms in total. The van der Waals surface area contributed by atoms with E-state index in [1.165, 1.54) is 0 Å². The number of hydrogen-bond acceptors (Lipinski definition) is 4. The highest BCUT2D eigenvalue weighted by molar-refractivity contribution is 7.89. The van der Waals surface area contributed by atoms with E-state index in [4.69, 9.17) is 5.11 Å². The summed E-state index contributed by atoms with van der Waals surface area (Å²) < 4.78 is 27.7. The zero-order valence-electron chi connectivity index (χ0n) is 15.4. The van der Waals surface area contributed by atoms with Crippen molar-refractivity contribution >= 4 is 21.9 Å². The molecule has 1 aliphatic heterocycles. The predicted molar refractivity (Wildman–Crippen MR) is 97.4 cm³/mol. The Bertz CT molecular complexity index is 781. The van der Waals surface area contributed by atoms with Gasteiger partial charge in [0.1, 0.15) is 0 Å². The van der Waals surface area contributed by atoms with E-state index < -0.39 is 16.0 Å². The third-order valence-corrected chi connectivity index (χ3v) is 6.38. The van der Waals surface area contributed by atoms with Gasteiger partial charge in [-0.15, -0.1) is 0 Å². The van der Waals surface area contributed by atoms with Crippen LogP contribution in [0.25, 0.3) is 0 Å². The Morgan fingerprint density at radius 3 is 2.42 bits per heavy atom. The van der Waals surface area contributed by atoms with Crippen molar-refractivity contribution < 1.29 is 23.1 Å². The maximum absolute atomic E-state index is 12.6. The van der Waals surface area contributed by atoms with Crippen LogP contribution in [0.2, 0.25) is 0 Å². The lowest BCUT2D eigenvalue weighted by molar-refractivity contribution is -0.139. The molecule has 0 aromatic heterocycles. The maximum Gasteiger partial charge on any atom is 0.305 e. The first-order chi connectivity index (χ1) is 12.1. The Morgan fingerprint density at radius 2 is 1.85 bits per heavy atom. The van der Waals surface area contributed by atoms with E-state index in [1.807, 2.05) is 19.1 Å². The van der Waals surface area contributed by atoms with E-state index in [0.717, 1.165) is 12.0 Å². The minimum absolute atomic E-state index is 0.00971. The third kappa shape index (κ3) is 4.82. The lowest BCUT2D eigenvalue weighted by Gasteiger charge is -2.23. The molecule has 1 heterocycles. The molecule has 0 saturated carbocycles. The number of aliphatic carboxylic acids is 1. The molecule has 26 heavy (non-hydrogen) atoms. The number of hydrogen-bond donors (Lipinski definition) is 2. The van der Waals surface area contributed by atoms with Crippen molar-refractivity contribution in [2.45, 2.75) is 57.4 Å². The lowest BCUT2D eigenvalue weighted by atomic mass is 10.1. The average molecular weight is 382 g/mol. The van der Waals surface area contributed by atoms with Crippen LogP contribution in [0.15, 0.2) is 17.0 Å². The Morgan fingerprint density at radius 1 is 1.23 bits per heavy atom. The molecule has 0 bridgehead atoms. The first-order valence-corrected chi connectivity index (χ1v) is 10.2. The van der Waals surface area contributed by atoms with Gasteiger partial charge in [-0.05, 0) is 44.7 Å². The summed E-state index contributed by atoms with van der Waals surface area (Å²) >= 11 is 0. The molecular formula is C18H26N2O5S. The zero-order valence-corrected chi connectivity index (χ0v) is 16.2. The zero-order chi connectivity index (χ0) is 19.5. The molecule has 1 aliphatic rings. The number of aryl methyl sites for hydroxylation is 3. The topological polar surface area (TPSA) is 104 Å². The van der Waals surface area contributed by atoms with Crippen molar-refractivity contribution in [2.75, 3.05) is 13.1 Å². The van der Waals surface area contributed by atoms with Crippen molar-refractivity contribution in [1.82, 2.24) is 9.62 Å². The second kappa shape index (κ2) is 8.18. The highest BCUT2D eigenvalue weighted by Crippen LogP contribution is 2.22. The fourth-order valence-electron chi connectivity index (χ4n) is 3.68. The van der Waals surface area contributed by atoms with Crippen LogP contribution in [-0.2, 0) is 19.6 Å². The van der Waals surface area contributed by atoms with Gasteiger partial charge >= 0.3 is 5.97 Å². The molecule has 2 rings (SSSR count). The summed E-state index contributed by atoms with van der Waals surface area (Å²) in [6, 6.07) is 3.33. The highest BCUT2D eigenvalue weighted by atomic mass is 32.2. The second-order valence-electron chi connectivity index (χ2n) is 6.86. The fraction of sp³-hybridized carbons (Fsp3) is 0.556. The number of rotatable bonds is 7. The third-order valence-electron chi connectivity index (χ3n) is 4.61. The number of benzene rings is 1. The van der Waals surface area contributed by atoms with E-state index in [1.54, 1.807) is 18.7 Å². The Kier molecular flexibility index (Phi) is 6.41. The van der Waals surface area contributed by atoms with Gasteiger partial charge in [-0.3, -0.25) is 9.59 Å². The molecule has 1 saturated heterocycles. The second-order valence-corrected chi connectivity index (χ2v) is 8.56. The maximum atomic E-state index is 12.6. The molecule has 8 heteroatoms. The quantitative estimate of drug-likeness (QED) is 0.748. The van der Waals surface area contributed by atoms with Crippen LogP contribution < -0.4 is 4.72 Å². The normalized spacial score (nSPS) is 17.5. The summed E-state index contributed by atoms with van der Waals surface area (Å²) in [7, 11) is -3.70. The first-order valence-electron chi connectivity index (χ1n) is 8.70. The first kappa shape index (κ1) is 20.4. The van der Waals surface area contributed by atoms with Crippen LogP contribution in [0.4, 0.5) is 0 Å². The largest absolute Gasteiger partial charge is 0.481 e. The minimum atomic E-state index is -3.70. The number of nitrogens with zero attached hydrogens (tertiary/aromatic N) is 1. The summed E-state index contributed by atoms with van der Waals surface area (Å²) in [6.07, 6.45) is 1.39. The van der Waals surface area contributed by atoms with E-state index in [0.29, 0.717) is 24.1 Å². The number of sulfonamides is 1. The van der Waals surface area contributed by atoms with Crippen molar-refractivity contribution in [3.05, 3.63) is 28.8 Å². The highest BCUT2D eigenvalue weighted by Gasteiger charge is 2.30. The van der Waals surface area contributed by atoms with Crippen molar-refractivity contribution in [2.24, 2.45) is 0 Å². The number of carboxylic acids is 1. The van der Waals surface area contributed by atoms with Gasteiger partial charge in [0.15, 0.2) is 0 Å². The summed E-state index contributed by atoms with van der Waals surface area (Å²) in [5.41, 5.74) is 2.33. The van der Waals surface area contributed by atoms with Crippen molar-refractivity contribution in [3.63, 3.8) is 0 Å². The van der Waals surface area contributed by atoms with Crippen molar-refractivity contribution in [3.8, 4) is 0 Å². The molecule has 1 aromatic rings. The van der Waals surface area contributed by atoms with Crippen LogP contribution in [0, 0.1) is 20.8 Å². The summed E-state index contributed by atoms with van der Waals surface area (Å²) in [4.78, 5) is 25.0. The van der Waals surface area contributed by atoms with Gasteiger partial charge in [-0.1, -0.05) is 17.7 Å². The van der Waals surface area contributed by atoms with Crippen LogP contribution in [0.5, 0.6) is 0 Å². The van der Waals surface area contributed by atoms with Gasteiger partial charge in [0.05, 0.1) is 11.3 Å². The monoisotopic (exact) mass is 382 g/mol. The standard InChI is InChI=1S/C18H26N2O5S/c1-12-9-13(2)18(14(3)10-12)26(24,25)19-7-6-16(21)20-8-4-5-15(20)11-17(22)23/h9-10,15,19H,4-8,11H2,1-3H3,(H,22,23). The van der Waals surface area contributed by atoms with E-state index in [9.17, 15) is 18.0 Å². The molecule has 0 radical (unpaired) electrons. The van der Waals surface area contributed by atoms with Gasteiger partial charge in [-0.25, -0.2) is 13.1 Å². The van der Waals surface area contributed by atoms with Gasteiger partial charge in [-0.2, -0.15) is 0 Å². The molecule has 1 amide bonds. The average Bonchev–Trinajstić information content (AvgIpc) is 2.92. The predicted octanol–water partition coefficient (Wildman–Crippen LogP) is 1.75. The summed E-state index contributed by atoms with van der Waals surface area (Å²) in [5.74, 6) is -1.14. The van der Waals surface area contributed by atoms with Gasteiger partial charge in [0.2, 0.25) is 15.9 Å². The molecule has 1 atom stereocenters. The van der Waals surface area contributed by atoms with Crippen LogP contribution in [0.1, 0.15) is 42.4 Å². The Balaban J connectivity index is 1.98. The van der Waals surface area contributed by atoms with E-state index >= 15 is 0 Å². The molecule has 1 unspecified atom stereocenters.